The van der Waals surface area contributed by atoms with Gasteiger partial charge >= 0.3 is 6.03 Å². The fourth-order valence-electron chi connectivity index (χ4n) is 4.09. The molecular weight excluding hydrogens is 448 g/mol. The second-order valence-corrected chi connectivity index (χ2v) is 9.21. The molecule has 0 saturated carbocycles. The molecule has 1 unspecified atom stereocenters. The predicted octanol–water partition coefficient (Wildman–Crippen LogP) is 4.96. The fraction of sp³-hybridized carbons (Fsp3) is 0.423. The van der Waals surface area contributed by atoms with Crippen molar-refractivity contribution in [2.45, 2.75) is 39.2 Å². The summed E-state index contributed by atoms with van der Waals surface area (Å²) in [4.78, 5) is 21.5. The summed E-state index contributed by atoms with van der Waals surface area (Å²) in [5.74, 6) is 0.869. The van der Waals surface area contributed by atoms with Gasteiger partial charge in [-0.3, -0.25) is 10.3 Å². The minimum atomic E-state index is -0.139. The van der Waals surface area contributed by atoms with Gasteiger partial charge in [0, 0.05) is 36.9 Å². The molecule has 8 heteroatoms. The van der Waals surface area contributed by atoms with Gasteiger partial charge < -0.3 is 15.1 Å². The molecule has 7 nitrogen and oxygen atoms in total. The Morgan fingerprint density at radius 1 is 1.15 bits per heavy atom. The van der Waals surface area contributed by atoms with Gasteiger partial charge in [0.2, 0.25) is 5.96 Å². The molecule has 2 aromatic rings. The van der Waals surface area contributed by atoms with Gasteiger partial charge in [-0.05, 0) is 55.0 Å². The Kier molecular flexibility index (Phi) is 9.60. The first-order valence-corrected chi connectivity index (χ1v) is 12.2. The van der Waals surface area contributed by atoms with Crippen LogP contribution in [0, 0.1) is 17.4 Å². The van der Waals surface area contributed by atoms with Crippen LogP contribution in [-0.4, -0.2) is 54.0 Å². The van der Waals surface area contributed by atoms with Crippen LogP contribution in [-0.2, 0) is 6.42 Å². The molecule has 34 heavy (non-hydrogen) atoms. The Morgan fingerprint density at radius 2 is 1.88 bits per heavy atom. The molecule has 1 saturated heterocycles. The Labute approximate surface area is 207 Å². The standard InChI is InChI=1S/C26H33ClN6O/c1-20(2)24-18-32(26(34)31-23-13-11-22(27)12-14-23)16-17-33(24)25(30-19-28)29-15-7-6-10-21-8-4-3-5-9-21/h3-5,8-9,11-14,20,24H,6-7,10,15-18H2,1-2H3,(H,29,30)(H,31,34). The number of aryl methyl sites for hydroxylation is 1. The number of hydrogen-bond donors (Lipinski definition) is 2. The van der Waals surface area contributed by atoms with Crippen molar-refractivity contribution in [2.24, 2.45) is 10.9 Å². The number of guanidine groups is 1. The number of carbonyl (C=O) groups excluding carboxylic acids is 1. The summed E-state index contributed by atoms with van der Waals surface area (Å²) in [5.41, 5.74) is 2.04. The molecule has 2 amide bonds. The number of rotatable bonds is 7. The van der Waals surface area contributed by atoms with Crippen LogP contribution in [0.15, 0.2) is 59.6 Å². The first kappa shape index (κ1) is 25.4. The largest absolute Gasteiger partial charge is 0.335 e. The Bertz CT molecular complexity index is 987. The topological polar surface area (TPSA) is 83.8 Å². The molecule has 1 heterocycles. The molecule has 0 spiro atoms. The van der Waals surface area contributed by atoms with Crippen molar-refractivity contribution < 1.29 is 4.79 Å². The summed E-state index contributed by atoms with van der Waals surface area (Å²) >= 11 is 5.94. The van der Waals surface area contributed by atoms with Gasteiger partial charge in [-0.1, -0.05) is 55.8 Å². The highest BCUT2D eigenvalue weighted by Crippen LogP contribution is 2.20. The maximum atomic E-state index is 12.8. The number of amides is 2. The number of hydrogen-bond acceptors (Lipinski definition) is 3. The number of anilines is 1. The lowest BCUT2D eigenvalue weighted by molar-refractivity contribution is 0.118. The van der Waals surface area contributed by atoms with Crippen LogP contribution >= 0.6 is 11.6 Å². The zero-order chi connectivity index (χ0) is 24.3. The van der Waals surface area contributed by atoms with Crippen LogP contribution in [0.1, 0.15) is 32.3 Å². The number of carbonyl (C=O) groups is 1. The van der Waals surface area contributed by atoms with Gasteiger partial charge in [-0.25, -0.2) is 4.79 Å². The highest BCUT2D eigenvalue weighted by atomic mass is 35.5. The molecule has 1 fully saturated rings. The number of nitriles is 1. The number of urea groups is 1. The number of benzene rings is 2. The second kappa shape index (κ2) is 12.9. The lowest BCUT2D eigenvalue weighted by Gasteiger charge is -2.44. The van der Waals surface area contributed by atoms with E-state index >= 15 is 0 Å². The number of nitrogens with zero attached hydrogens (tertiary/aromatic N) is 4. The molecule has 3 rings (SSSR count). The summed E-state index contributed by atoms with van der Waals surface area (Å²) in [6.45, 7) is 6.61. The lowest BCUT2D eigenvalue weighted by Crippen LogP contribution is -2.60. The first-order chi connectivity index (χ1) is 16.5. The second-order valence-electron chi connectivity index (χ2n) is 8.77. The number of piperazine rings is 1. The highest BCUT2D eigenvalue weighted by Gasteiger charge is 2.33. The van der Waals surface area contributed by atoms with Crippen LogP contribution < -0.4 is 10.6 Å². The van der Waals surface area contributed by atoms with Gasteiger partial charge in [-0.2, -0.15) is 5.26 Å². The predicted molar refractivity (Wildman–Crippen MR) is 138 cm³/mol. The summed E-state index contributed by atoms with van der Waals surface area (Å²) in [6, 6.07) is 17.4. The SMILES string of the molecule is CC(C)C1CN(C(=O)Nc2ccc(Cl)cc2)CCN1C(=NCCCCc1ccccc1)NC#N. The Morgan fingerprint density at radius 3 is 2.56 bits per heavy atom. The molecule has 2 aromatic carbocycles. The number of nitrogens with one attached hydrogen (secondary N) is 2. The zero-order valence-corrected chi connectivity index (χ0v) is 20.6. The van der Waals surface area contributed by atoms with E-state index in [0.717, 1.165) is 19.3 Å². The molecule has 0 aromatic heterocycles. The third kappa shape index (κ3) is 7.39. The van der Waals surface area contributed by atoms with E-state index in [-0.39, 0.29) is 18.0 Å². The summed E-state index contributed by atoms with van der Waals surface area (Å²) in [5, 5.41) is 15.7. The molecule has 0 aliphatic carbocycles. The van der Waals surface area contributed by atoms with E-state index < -0.39 is 0 Å². The van der Waals surface area contributed by atoms with Gasteiger partial charge in [-0.15, -0.1) is 0 Å². The molecular formula is C26H33ClN6O. The van der Waals surface area contributed by atoms with E-state index in [0.29, 0.717) is 42.8 Å². The average Bonchev–Trinajstić information content (AvgIpc) is 2.85. The van der Waals surface area contributed by atoms with Gasteiger partial charge in [0.25, 0.3) is 0 Å². The highest BCUT2D eigenvalue weighted by molar-refractivity contribution is 6.30. The number of unbranched alkanes of at least 4 members (excludes halogenated alkanes) is 1. The van der Waals surface area contributed by atoms with E-state index in [9.17, 15) is 10.1 Å². The first-order valence-electron chi connectivity index (χ1n) is 11.8. The third-order valence-electron chi connectivity index (χ3n) is 5.99. The van der Waals surface area contributed by atoms with Crippen molar-refractivity contribution in [3.8, 4) is 6.19 Å². The van der Waals surface area contributed by atoms with Gasteiger partial charge in [0.15, 0.2) is 6.19 Å². The van der Waals surface area contributed by atoms with E-state index in [2.05, 4.69) is 53.6 Å². The van der Waals surface area contributed by atoms with Crippen molar-refractivity contribution >= 4 is 29.3 Å². The molecule has 2 N–H and O–H groups in total. The van der Waals surface area contributed by atoms with Crippen LogP contribution in [0.2, 0.25) is 5.02 Å². The normalized spacial score (nSPS) is 16.3. The van der Waals surface area contributed by atoms with Crippen molar-refractivity contribution in [1.29, 1.82) is 5.26 Å². The van der Waals surface area contributed by atoms with Crippen LogP contribution in [0.4, 0.5) is 10.5 Å². The Balaban J connectivity index is 1.58. The van der Waals surface area contributed by atoms with E-state index in [1.54, 1.807) is 24.3 Å². The molecule has 0 radical (unpaired) electrons. The van der Waals surface area contributed by atoms with E-state index in [1.165, 1.54) is 5.56 Å². The van der Waals surface area contributed by atoms with E-state index in [1.807, 2.05) is 17.2 Å². The molecule has 0 bridgehead atoms. The van der Waals surface area contributed by atoms with Crippen LogP contribution in [0.5, 0.6) is 0 Å². The lowest BCUT2D eigenvalue weighted by atomic mass is 10.00. The maximum Gasteiger partial charge on any atom is 0.321 e. The van der Waals surface area contributed by atoms with Gasteiger partial charge in [0.1, 0.15) is 0 Å². The quantitative estimate of drug-likeness (QED) is 0.193. The monoisotopic (exact) mass is 480 g/mol. The minimum Gasteiger partial charge on any atom is -0.335 e. The molecule has 1 aliphatic heterocycles. The Hall–Kier alpha value is -3.24. The third-order valence-corrected chi connectivity index (χ3v) is 6.24. The van der Waals surface area contributed by atoms with E-state index in [4.69, 9.17) is 16.6 Å². The smallest absolute Gasteiger partial charge is 0.321 e. The van der Waals surface area contributed by atoms with Crippen LogP contribution in [0.3, 0.4) is 0 Å². The van der Waals surface area contributed by atoms with Crippen LogP contribution in [0.25, 0.3) is 0 Å². The summed E-state index contributed by atoms with van der Waals surface area (Å²) in [6.07, 6.45) is 5.04. The van der Waals surface area contributed by atoms with Crippen molar-refractivity contribution in [3.05, 3.63) is 65.2 Å². The van der Waals surface area contributed by atoms with Crippen molar-refractivity contribution in [2.75, 3.05) is 31.5 Å². The maximum absolute atomic E-state index is 12.8. The summed E-state index contributed by atoms with van der Waals surface area (Å²) in [7, 11) is 0. The minimum absolute atomic E-state index is 0.0497. The molecule has 1 aliphatic rings. The zero-order valence-electron chi connectivity index (χ0n) is 19.9. The number of aliphatic imine (C=N–C) groups is 1. The van der Waals surface area contributed by atoms with Crippen molar-refractivity contribution in [1.82, 2.24) is 15.1 Å². The fourth-order valence-corrected chi connectivity index (χ4v) is 4.21. The molecule has 180 valence electrons. The summed E-state index contributed by atoms with van der Waals surface area (Å²) < 4.78 is 0. The van der Waals surface area contributed by atoms with Gasteiger partial charge in [0.05, 0.1) is 6.04 Å². The number of halogens is 1. The molecule has 1 atom stereocenters. The average molecular weight is 481 g/mol. The van der Waals surface area contributed by atoms with Crippen molar-refractivity contribution in [3.63, 3.8) is 0 Å².